The molecule has 1 amide bonds. The maximum atomic E-state index is 12.7. The highest BCUT2D eigenvalue weighted by Gasteiger charge is 2.20. The van der Waals surface area contributed by atoms with Gasteiger partial charge in [0.25, 0.3) is 5.91 Å². The van der Waals surface area contributed by atoms with Gasteiger partial charge in [-0.2, -0.15) is 0 Å². The highest BCUT2D eigenvalue weighted by atomic mass is 32.2. The zero-order chi connectivity index (χ0) is 21.8. The van der Waals surface area contributed by atoms with Crippen LogP contribution in [0.25, 0.3) is 5.69 Å². The standard InChI is InChI=1S/C25H28N2O3S/c1-18-6-7-19(2)27(18)23-10-8-21(9-11-23)25(28)26-22-5-3-4-20(16-22)17-31(29)24-12-14-30-15-13-24/h3-11,16,24H,12-15,17H2,1-2H3,(H,26,28). The van der Waals surface area contributed by atoms with Crippen molar-refractivity contribution in [1.29, 1.82) is 0 Å². The summed E-state index contributed by atoms with van der Waals surface area (Å²) in [6.07, 6.45) is 1.70. The van der Waals surface area contributed by atoms with Gasteiger partial charge in [0.1, 0.15) is 0 Å². The normalized spacial score (nSPS) is 15.5. The molecule has 4 rings (SSSR count). The van der Waals surface area contributed by atoms with Gasteiger partial charge < -0.3 is 14.6 Å². The largest absolute Gasteiger partial charge is 0.381 e. The maximum Gasteiger partial charge on any atom is 0.255 e. The third-order valence-electron chi connectivity index (χ3n) is 5.69. The molecule has 6 heteroatoms. The number of nitrogens with one attached hydrogen (secondary N) is 1. The molecule has 31 heavy (non-hydrogen) atoms. The van der Waals surface area contributed by atoms with Gasteiger partial charge in [-0.15, -0.1) is 0 Å². The van der Waals surface area contributed by atoms with E-state index in [0.717, 1.165) is 35.5 Å². The second kappa shape index (κ2) is 9.62. The van der Waals surface area contributed by atoms with E-state index >= 15 is 0 Å². The lowest BCUT2D eigenvalue weighted by molar-refractivity contribution is 0.0991. The van der Waals surface area contributed by atoms with Crippen molar-refractivity contribution >= 4 is 22.4 Å². The van der Waals surface area contributed by atoms with E-state index in [1.165, 1.54) is 0 Å². The van der Waals surface area contributed by atoms with Crippen LogP contribution < -0.4 is 5.32 Å². The first-order valence-electron chi connectivity index (χ1n) is 10.6. The summed E-state index contributed by atoms with van der Waals surface area (Å²) in [5, 5.41) is 3.16. The van der Waals surface area contributed by atoms with Crippen molar-refractivity contribution in [3.63, 3.8) is 0 Å². The molecule has 1 aliphatic heterocycles. The Bertz CT molecular complexity index is 1060. The minimum absolute atomic E-state index is 0.157. The number of ether oxygens (including phenoxy) is 1. The molecule has 1 aliphatic rings. The molecule has 0 bridgehead atoms. The molecule has 0 radical (unpaired) electrons. The zero-order valence-corrected chi connectivity index (χ0v) is 18.8. The van der Waals surface area contributed by atoms with Gasteiger partial charge in [0.15, 0.2) is 0 Å². The number of aromatic nitrogens is 1. The summed E-state index contributed by atoms with van der Waals surface area (Å²) in [4.78, 5) is 12.7. The third-order valence-corrected chi connectivity index (χ3v) is 7.53. The number of aryl methyl sites for hydroxylation is 2. The predicted octanol–water partition coefficient (Wildman–Crippen LogP) is 4.77. The number of hydrogen-bond acceptors (Lipinski definition) is 3. The minimum atomic E-state index is -0.931. The lowest BCUT2D eigenvalue weighted by Gasteiger charge is -2.21. The lowest BCUT2D eigenvalue weighted by Crippen LogP contribution is -2.25. The van der Waals surface area contributed by atoms with Crippen LogP contribution in [0.2, 0.25) is 0 Å². The molecule has 2 aromatic carbocycles. The second-order valence-electron chi connectivity index (χ2n) is 7.99. The SMILES string of the molecule is Cc1ccc(C)n1-c1ccc(C(=O)Nc2cccc(CS(=O)C3CCOCC3)c2)cc1. The van der Waals surface area contributed by atoms with Gasteiger partial charge in [0.2, 0.25) is 0 Å². The summed E-state index contributed by atoms with van der Waals surface area (Å²) in [5.41, 5.74) is 5.63. The Balaban J connectivity index is 1.41. The summed E-state index contributed by atoms with van der Waals surface area (Å²) in [6.45, 7) is 5.51. The molecule has 1 unspecified atom stereocenters. The first kappa shape index (κ1) is 21.5. The Morgan fingerprint density at radius 3 is 2.39 bits per heavy atom. The van der Waals surface area contributed by atoms with Crippen LogP contribution in [-0.4, -0.2) is 33.1 Å². The minimum Gasteiger partial charge on any atom is -0.381 e. The molecule has 0 saturated carbocycles. The summed E-state index contributed by atoms with van der Waals surface area (Å²) < 4.78 is 20.2. The highest BCUT2D eigenvalue weighted by molar-refractivity contribution is 7.84. The number of nitrogens with zero attached hydrogens (tertiary/aromatic N) is 1. The Morgan fingerprint density at radius 2 is 1.71 bits per heavy atom. The van der Waals surface area contributed by atoms with Gasteiger partial charge in [0, 0.05) is 63.3 Å². The third kappa shape index (κ3) is 5.14. The topological polar surface area (TPSA) is 60.3 Å². The van der Waals surface area contributed by atoms with Crippen LogP contribution in [0.5, 0.6) is 0 Å². The van der Waals surface area contributed by atoms with Gasteiger partial charge >= 0.3 is 0 Å². The van der Waals surface area contributed by atoms with Crippen molar-refractivity contribution < 1.29 is 13.7 Å². The van der Waals surface area contributed by atoms with Crippen LogP contribution in [0.1, 0.15) is 40.2 Å². The quantitative estimate of drug-likeness (QED) is 0.605. The molecule has 1 fully saturated rings. The highest BCUT2D eigenvalue weighted by Crippen LogP contribution is 2.20. The second-order valence-corrected chi connectivity index (χ2v) is 9.71. The monoisotopic (exact) mass is 436 g/mol. The molecule has 0 spiro atoms. The lowest BCUT2D eigenvalue weighted by atomic mass is 10.1. The van der Waals surface area contributed by atoms with E-state index in [2.05, 4.69) is 35.9 Å². The smallest absolute Gasteiger partial charge is 0.255 e. The molecular formula is C25H28N2O3S. The van der Waals surface area contributed by atoms with Crippen molar-refractivity contribution in [2.24, 2.45) is 0 Å². The molecule has 1 aromatic heterocycles. The summed E-state index contributed by atoms with van der Waals surface area (Å²) in [5.74, 6) is 0.341. The molecule has 1 saturated heterocycles. The van der Waals surface area contributed by atoms with E-state index in [1.54, 1.807) is 0 Å². The Kier molecular flexibility index (Phi) is 6.68. The van der Waals surface area contributed by atoms with Crippen molar-refractivity contribution in [2.45, 2.75) is 37.7 Å². The van der Waals surface area contributed by atoms with Crippen LogP contribution in [0, 0.1) is 13.8 Å². The van der Waals surface area contributed by atoms with Crippen LogP contribution >= 0.6 is 0 Å². The number of anilines is 1. The van der Waals surface area contributed by atoms with Gasteiger partial charge in [-0.1, -0.05) is 12.1 Å². The Labute approximate surface area is 185 Å². The average Bonchev–Trinajstić information content (AvgIpc) is 3.12. The van der Waals surface area contributed by atoms with Crippen molar-refractivity contribution in [2.75, 3.05) is 18.5 Å². The van der Waals surface area contributed by atoms with Crippen molar-refractivity contribution in [1.82, 2.24) is 4.57 Å². The number of hydrogen-bond donors (Lipinski definition) is 1. The predicted molar refractivity (Wildman–Crippen MR) is 125 cm³/mol. The number of benzene rings is 2. The number of amides is 1. The van der Waals surface area contributed by atoms with Crippen LogP contribution in [0.15, 0.2) is 60.7 Å². The first-order chi connectivity index (χ1) is 15.0. The zero-order valence-electron chi connectivity index (χ0n) is 18.0. The molecule has 2 heterocycles. The fourth-order valence-corrected chi connectivity index (χ4v) is 5.46. The van der Waals surface area contributed by atoms with Gasteiger partial charge in [-0.3, -0.25) is 9.00 Å². The number of rotatable bonds is 6. The number of carbonyl (C=O) groups is 1. The first-order valence-corrected chi connectivity index (χ1v) is 12.0. The van der Waals surface area contributed by atoms with Gasteiger partial charge in [-0.05, 0) is 80.8 Å². The van der Waals surface area contributed by atoms with E-state index in [9.17, 15) is 9.00 Å². The van der Waals surface area contributed by atoms with Crippen LogP contribution in [0.4, 0.5) is 5.69 Å². The number of carbonyl (C=O) groups excluding carboxylic acids is 1. The van der Waals surface area contributed by atoms with E-state index in [1.807, 2.05) is 48.5 Å². The molecule has 1 atom stereocenters. The van der Waals surface area contributed by atoms with E-state index < -0.39 is 10.8 Å². The Hall–Kier alpha value is -2.70. The summed E-state index contributed by atoms with van der Waals surface area (Å²) in [6, 6.07) is 19.4. The molecule has 5 nitrogen and oxygen atoms in total. The summed E-state index contributed by atoms with van der Waals surface area (Å²) >= 11 is 0. The summed E-state index contributed by atoms with van der Waals surface area (Å²) in [7, 11) is -0.931. The van der Waals surface area contributed by atoms with Crippen molar-refractivity contribution in [3.05, 3.63) is 83.2 Å². The van der Waals surface area contributed by atoms with E-state index in [4.69, 9.17) is 4.74 Å². The fraction of sp³-hybridized carbons (Fsp3) is 0.320. The molecule has 0 aliphatic carbocycles. The van der Waals surface area contributed by atoms with Gasteiger partial charge in [0.05, 0.1) is 0 Å². The Morgan fingerprint density at radius 1 is 1.03 bits per heavy atom. The van der Waals surface area contributed by atoms with Gasteiger partial charge in [-0.25, -0.2) is 0 Å². The van der Waals surface area contributed by atoms with Crippen molar-refractivity contribution in [3.8, 4) is 5.69 Å². The van der Waals surface area contributed by atoms with E-state index in [-0.39, 0.29) is 11.2 Å². The maximum absolute atomic E-state index is 12.7. The van der Waals surface area contributed by atoms with E-state index in [0.29, 0.717) is 30.2 Å². The van der Waals surface area contributed by atoms with Crippen LogP contribution in [0.3, 0.4) is 0 Å². The average molecular weight is 437 g/mol. The molecule has 3 aromatic rings. The molecular weight excluding hydrogens is 408 g/mol. The molecule has 162 valence electrons. The molecule has 1 N–H and O–H groups in total. The fourth-order valence-electron chi connectivity index (χ4n) is 4.00. The van der Waals surface area contributed by atoms with Crippen LogP contribution in [-0.2, 0) is 21.3 Å².